The number of hydrogen-bond donors (Lipinski definition) is 0. The maximum Gasteiger partial charge on any atom is 0.313 e. The quantitative estimate of drug-likeness (QED) is 0.603. The molecule has 0 atom stereocenters. The van der Waals surface area contributed by atoms with E-state index in [4.69, 9.17) is 0 Å². The highest BCUT2D eigenvalue weighted by molar-refractivity contribution is 5.47. The van der Waals surface area contributed by atoms with Gasteiger partial charge >= 0.3 is 5.69 Å². The molecule has 0 spiro atoms. The predicted molar refractivity (Wildman–Crippen MR) is 69.2 cm³/mol. The van der Waals surface area contributed by atoms with Gasteiger partial charge < -0.3 is 0 Å². The van der Waals surface area contributed by atoms with Gasteiger partial charge in [-0.2, -0.15) is 5.10 Å². The van der Waals surface area contributed by atoms with E-state index in [1.807, 2.05) is 32.0 Å². The fraction of sp³-hybridized carbons (Fsp3) is 0.308. The molecule has 0 unspecified atom stereocenters. The standard InChI is InChI=1S/C13H15N3O2/c1-8-5-6-12(7-9(8)2)15-11(4)13(16(17)18)10(3)14-15/h5-7H,1-4H3. The molecule has 0 saturated heterocycles. The molecule has 0 radical (unpaired) electrons. The van der Waals surface area contributed by atoms with Gasteiger partial charge in [0.15, 0.2) is 0 Å². The van der Waals surface area contributed by atoms with Crippen molar-refractivity contribution in [3.63, 3.8) is 0 Å². The summed E-state index contributed by atoms with van der Waals surface area (Å²) in [5, 5.41) is 15.2. The molecule has 2 rings (SSSR count). The molecule has 1 aromatic carbocycles. The molecule has 94 valence electrons. The highest BCUT2D eigenvalue weighted by atomic mass is 16.6. The average molecular weight is 245 g/mol. The summed E-state index contributed by atoms with van der Waals surface area (Å²) in [5.41, 5.74) is 4.27. The molecule has 5 nitrogen and oxygen atoms in total. The maximum absolute atomic E-state index is 11.0. The summed E-state index contributed by atoms with van der Waals surface area (Å²) in [7, 11) is 0. The Morgan fingerprint density at radius 1 is 1.17 bits per heavy atom. The fourth-order valence-electron chi connectivity index (χ4n) is 2.01. The van der Waals surface area contributed by atoms with E-state index >= 15 is 0 Å². The Kier molecular flexibility index (Phi) is 2.90. The summed E-state index contributed by atoms with van der Waals surface area (Å²) in [5.74, 6) is 0. The van der Waals surface area contributed by atoms with Crippen molar-refractivity contribution in [2.45, 2.75) is 27.7 Å². The van der Waals surface area contributed by atoms with Crippen LogP contribution in [0.15, 0.2) is 18.2 Å². The summed E-state index contributed by atoms with van der Waals surface area (Å²) >= 11 is 0. The molecule has 0 aliphatic carbocycles. The van der Waals surface area contributed by atoms with Crippen LogP contribution < -0.4 is 0 Å². The number of nitrogens with zero attached hydrogens (tertiary/aromatic N) is 3. The van der Waals surface area contributed by atoms with Gasteiger partial charge in [0.25, 0.3) is 0 Å². The van der Waals surface area contributed by atoms with E-state index in [0.29, 0.717) is 11.4 Å². The third kappa shape index (κ3) is 1.88. The molecule has 0 fully saturated rings. The van der Waals surface area contributed by atoms with Gasteiger partial charge in [-0.3, -0.25) is 10.1 Å². The molecule has 1 heterocycles. The zero-order valence-corrected chi connectivity index (χ0v) is 10.9. The van der Waals surface area contributed by atoms with E-state index in [2.05, 4.69) is 5.10 Å². The second-order valence-electron chi connectivity index (χ2n) is 4.46. The third-order valence-electron chi connectivity index (χ3n) is 3.17. The van der Waals surface area contributed by atoms with Crippen molar-refractivity contribution in [1.82, 2.24) is 9.78 Å². The average Bonchev–Trinajstić information content (AvgIpc) is 2.58. The van der Waals surface area contributed by atoms with Crippen LogP contribution in [-0.4, -0.2) is 14.7 Å². The molecule has 2 aromatic rings. The zero-order chi connectivity index (χ0) is 13.4. The number of nitro groups is 1. The van der Waals surface area contributed by atoms with Gasteiger partial charge in [-0.25, -0.2) is 4.68 Å². The predicted octanol–water partition coefficient (Wildman–Crippen LogP) is 3.01. The molecule has 1 aromatic heterocycles. The van der Waals surface area contributed by atoms with E-state index in [9.17, 15) is 10.1 Å². The Labute approximate surface area is 105 Å². The Balaban J connectivity index is 2.61. The van der Waals surface area contributed by atoms with Crippen LogP contribution in [0.25, 0.3) is 5.69 Å². The Hall–Kier alpha value is -2.17. The van der Waals surface area contributed by atoms with Crippen LogP contribution in [0.2, 0.25) is 0 Å². The first kappa shape index (κ1) is 12.3. The maximum atomic E-state index is 11.0. The molecule has 0 bridgehead atoms. The van der Waals surface area contributed by atoms with Gasteiger partial charge in [0.1, 0.15) is 11.4 Å². The number of hydrogen-bond acceptors (Lipinski definition) is 3. The van der Waals surface area contributed by atoms with Crippen molar-refractivity contribution in [3.8, 4) is 5.69 Å². The molecular formula is C13H15N3O2. The van der Waals surface area contributed by atoms with E-state index < -0.39 is 0 Å². The van der Waals surface area contributed by atoms with Crippen LogP contribution in [0.4, 0.5) is 5.69 Å². The smallest absolute Gasteiger partial charge is 0.258 e. The summed E-state index contributed by atoms with van der Waals surface area (Å²) in [4.78, 5) is 10.6. The molecule has 0 aliphatic rings. The lowest BCUT2D eigenvalue weighted by molar-refractivity contribution is -0.386. The van der Waals surface area contributed by atoms with Crippen molar-refractivity contribution >= 4 is 5.69 Å². The molecular weight excluding hydrogens is 230 g/mol. The lowest BCUT2D eigenvalue weighted by atomic mass is 10.1. The molecule has 0 amide bonds. The molecule has 5 heteroatoms. The highest BCUT2D eigenvalue weighted by Crippen LogP contribution is 2.25. The van der Waals surface area contributed by atoms with Crippen LogP contribution in [0, 0.1) is 37.8 Å². The second kappa shape index (κ2) is 4.25. The largest absolute Gasteiger partial charge is 0.313 e. The first-order valence-electron chi connectivity index (χ1n) is 5.70. The van der Waals surface area contributed by atoms with Crippen LogP contribution in [-0.2, 0) is 0 Å². The summed E-state index contributed by atoms with van der Waals surface area (Å²) in [6, 6.07) is 5.90. The SMILES string of the molecule is Cc1ccc(-n2nc(C)c([N+](=O)[O-])c2C)cc1C. The minimum absolute atomic E-state index is 0.0910. The Morgan fingerprint density at radius 3 is 2.33 bits per heavy atom. The van der Waals surface area contributed by atoms with Gasteiger partial charge in [-0.05, 0) is 51.0 Å². The first-order chi connectivity index (χ1) is 8.41. The van der Waals surface area contributed by atoms with Crippen LogP contribution in [0.1, 0.15) is 22.5 Å². The molecule has 0 N–H and O–H groups in total. The second-order valence-corrected chi connectivity index (χ2v) is 4.46. The lowest BCUT2D eigenvalue weighted by Crippen LogP contribution is -2.00. The monoisotopic (exact) mass is 245 g/mol. The van der Waals surface area contributed by atoms with Crippen molar-refractivity contribution in [3.05, 3.63) is 50.8 Å². The van der Waals surface area contributed by atoms with Crippen LogP contribution in [0.3, 0.4) is 0 Å². The molecule has 0 aliphatic heterocycles. The van der Waals surface area contributed by atoms with Crippen molar-refractivity contribution < 1.29 is 4.92 Å². The first-order valence-corrected chi connectivity index (χ1v) is 5.70. The van der Waals surface area contributed by atoms with Gasteiger partial charge in [0.05, 0.1) is 10.6 Å². The van der Waals surface area contributed by atoms with Gasteiger partial charge in [0, 0.05) is 0 Å². The number of benzene rings is 1. The number of rotatable bonds is 2. The van der Waals surface area contributed by atoms with E-state index in [0.717, 1.165) is 11.3 Å². The fourth-order valence-corrected chi connectivity index (χ4v) is 2.01. The third-order valence-corrected chi connectivity index (χ3v) is 3.17. The van der Waals surface area contributed by atoms with Crippen molar-refractivity contribution in [2.75, 3.05) is 0 Å². The summed E-state index contributed by atoms with van der Waals surface area (Å²) in [6.07, 6.45) is 0. The Morgan fingerprint density at radius 2 is 1.83 bits per heavy atom. The van der Waals surface area contributed by atoms with Crippen LogP contribution in [0.5, 0.6) is 0 Å². The van der Waals surface area contributed by atoms with E-state index in [1.54, 1.807) is 18.5 Å². The van der Waals surface area contributed by atoms with E-state index in [-0.39, 0.29) is 10.6 Å². The topological polar surface area (TPSA) is 61.0 Å². The van der Waals surface area contributed by atoms with Crippen LogP contribution >= 0.6 is 0 Å². The number of aryl methyl sites for hydroxylation is 3. The van der Waals surface area contributed by atoms with Crippen molar-refractivity contribution in [2.24, 2.45) is 0 Å². The van der Waals surface area contributed by atoms with Gasteiger partial charge in [-0.1, -0.05) is 6.07 Å². The lowest BCUT2D eigenvalue weighted by Gasteiger charge is -2.06. The minimum atomic E-state index is -0.380. The summed E-state index contributed by atoms with van der Waals surface area (Å²) < 4.78 is 1.62. The van der Waals surface area contributed by atoms with E-state index in [1.165, 1.54) is 5.56 Å². The number of aromatic nitrogens is 2. The normalized spacial score (nSPS) is 10.7. The minimum Gasteiger partial charge on any atom is -0.258 e. The summed E-state index contributed by atoms with van der Waals surface area (Å²) in [6.45, 7) is 7.41. The zero-order valence-electron chi connectivity index (χ0n) is 10.9. The van der Waals surface area contributed by atoms with Crippen molar-refractivity contribution in [1.29, 1.82) is 0 Å². The van der Waals surface area contributed by atoms with Gasteiger partial charge in [0.2, 0.25) is 0 Å². The highest BCUT2D eigenvalue weighted by Gasteiger charge is 2.22. The molecule has 18 heavy (non-hydrogen) atoms. The molecule has 0 saturated carbocycles. The van der Waals surface area contributed by atoms with Gasteiger partial charge in [-0.15, -0.1) is 0 Å². The Bertz CT molecular complexity index is 629.